The largest absolute Gasteiger partial charge is 0.500 e. The molecule has 0 fully saturated rings. The number of rotatable bonds is 4. The Labute approximate surface area is 391 Å². The Kier molecular flexibility index (Phi) is 9.89. The fourth-order valence-corrected chi connectivity index (χ4v) is 9.12. The van der Waals surface area contributed by atoms with Crippen LogP contribution in [0.4, 0.5) is 0 Å². The van der Waals surface area contributed by atoms with E-state index in [1.807, 2.05) is 24.3 Å². The number of para-hydroxylation sites is 2. The van der Waals surface area contributed by atoms with E-state index in [0.29, 0.717) is 0 Å². The number of furan rings is 1. The molecule has 8 aromatic carbocycles. The summed E-state index contributed by atoms with van der Waals surface area (Å²) in [5.74, 6) is 1.67. The zero-order chi connectivity index (χ0) is 44.9. The first-order valence-electron chi connectivity index (χ1n) is 22.6. The van der Waals surface area contributed by atoms with Gasteiger partial charge in [-0.3, -0.25) is 4.98 Å². The van der Waals surface area contributed by atoms with Crippen LogP contribution in [-0.4, -0.2) is 14.5 Å². The van der Waals surface area contributed by atoms with Crippen LogP contribution in [0.1, 0.15) is 20.8 Å². The van der Waals surface area contributed by atoms with Gasteiger partial charge in [0.05, 0.1) is 22.4 Å². The molecule has 64 heavy (non-hydrogen) atoms. The summed E-state index contributed by atoms with van der Waals surface area (Å²) in [5, 5.41) is 1.04. The van der Waals surface area contributed by atoms with Crippen molar-refractivity contribution < 1.29 is 28.6 Å². The van der Waals surface area contributed by atoms with E-state index in [9.17, 15) is 0 Å². The van der Waals surface area contributed by atoms with Gasteiger partial charge >= 0.3 is 0 Å². The van der Waals surface area contributed by atoms with Crippen molar-refractivity contribution in [3.05, 3.63) is 223 Å². The van der Waals surface area contributed by atoms with E-state index in [2.05, 4.69) is 181 Å². The first kappa shape index (κ1) is 37.2. The Morgan fingerprint density at radius 1 is 0.578 bits per heavy atom. The van der Waals surface area contributed by atoms with Crippen molar-refractivity contribution in [3.8, 4) is 84.2 Å². The average Bonchev–Trinajstić information content (AvgIpc) is 3.93. The van der Waals surface area contributed by atoms with Crippen LogP contribution in [0.3, 0.4) is 0 Å². The maximum Gasteiger partial charge on any atom is 0.129 e. The molecule has 0 amide bonds. The Bertz CT molecular complexity index is 3570. The quantitative estimate of drug-likeness (QED) is 0.165. The van der Waals surface area contributed by atoms with E-state index in [1.54, 1.807) is 18.2 Å². The summed E-state index contributed by atoms with van der Waals surface area (Å²) < 4.78 is 31.2. The molecule has 0 N–H and O–H groups in total. The summed E-state index contributed by atoms with van der Waals surface area (Å²) in [6.45, 7) is 2.30. The zero-order valence-corrected chi connectivity index (χ0v) is 37.5. The van der Waals surface area contributed by atoms with E-state index in [0.717, 1.165) is 78.3 Å². The van der Waals surface area contributed by atoms with Crippen LogP contribution in [-0.2, 0) is 20.1 Å². The van der Waals surface area contributed by atoms with Crippen molar-refractivity contribution >= 4 is 22.0 Å². The Morgan fingerprint density at radius 3 is 1.88 bits per heavy atom. The van der Waals surface area contributed by atoms with Crippen LogP contribution in [0.15, 0.2) is 199 Å². The molecule has 0 aliphatic heterocycles. The van der Waals surface area contributed by atoms with Crippen LogP contribution in [0.2, 0.25) is 0 Å². The predicted octanol–water partition coefficient (Wildman–Crippen LogP) is 15.4. The van der Waals surface area contributed by atoms with Gasteiger partial charge in [0.2, 0.25) is 0 Å². The molecule has 4 nitrogen and oxygen atoms in total. The smallest absolute Gasteiger partial charge is 0.129 e. The maximum atomic E-state index is 7.23. The van der Waals surface area contributed by atoms with Gasteiger partial charge in [0, 0.05) is 47.2 Å². The fourth-order valence-electron chi connectivity index (χ4n) is 9.12. The van der Waals surface area contributed by atoms with Gasteiger partial charge in [0.25, 0.3) is 0 Å². The van der Waals surface area contributed by atoms with Gasteiger partial charge in [-0.25, -0.2) is 0 Å². The molecule has 0 saturated heterocycles. The molecule has 3 heterocycles. The first-order valence-corrected chi connectivity index (χ1v) is 21.1. The molecule has 5 heteroatoms. The van der Waals surface area contributed by atoms with Gasteiger partial charge in [-0.05, 0) is 106 Å². The number of hydrogen-bond acceptors (Lipinski definition) is 3. The molecular weight excluding hydrogens is 959 g/mol. The summed E-state index contributed by atoms with van der Waals surface area (Å²) >= 11 is 0. The normalized spacial score (nSPS) is 12.1. The van der Waals surface area contributed by atoms with Gasteiger partial charge in [-0.1, -0.05) is 138 Å². The minimum Gasteiger partial charge on any atom is -0.500 e. The standard InChI is InChI=1S/C47H31N2O.C12H10N.Ir/c1-29-27-32(31-15-4-3-5-16-31)28-30(2)44(29)49-42-26-13-12-25-41(42)48-47(49)40-24-14-23-39-43-37-21-10-8-19-35(37)33-17-6-7-18-34(33)36-20-9-11-22-38(36)46(43)50-45(39)40;1-10-7-8-12(13-9-10)11-5-3-2-4-6-11;/h3-23,25-28H,1-2H3;2-5,7-9H,1H3;/q2*-1;/i;1D3;. The number of benzene rings is 8. The summed E-state index contributed by atoms with van der Waals surface area (Å²) in [6, 6.07) is 71.1. The third-order valence-corrected chi connectivity index (χ3v) is 11.9. The summed E-state index contributed by atoms with van der Waals surface area (Å²) in [7, 11) is 0. The Hall–Kier alpha value is -7.43. The second kappa shape index (κ2) is 17.0. The van der Waals surface area contributed by atoms with E-state index in [4.69, 9.17) is 13.5 Å². The Morgan fingerprint density at radius 2 is 1.20 bits per heavy atom. The van der Waals surface area contributed by atoms with Gasteiger partial charge in [0.15, 0.2) is 0 Å². The van der Waals surface area contributed by atoms with Crippen molar-refractivity contribution in [2.45, 2.75) is 20.7 Å². The second-order valence-electron chi connectivity index (χ2n) is 15.8. The fraction of sp³-hybridized carbons (Fsp3) is 0.0508. The van der Waals surface area contributed by atoms with Crippen molar-refractivity contribution in [2.75, 3.05) is 0 Å². The number of aromatic nitrogens is 3. The minimum atomic E-state index is -2.09. The number of hydrogen-bond donors (Lipinski definition) is 0. The van der Waals surface area contributed by atoms with Crippen LogP contribution in [0, 0.1) is 32.8 Å². The minimum absolute atomic E-state index is 0. The van der Waals surface area contributed by atoms with Crippen molar-refractivity contribution in [1.82, 2.24) is 14.5 Å². The number of pyridine rings is 1. The summed E-state index contributed by atoms with van der Waals surface area (Å²) in [4.78, 5) is 9.43. The van der Waals surface area contributed by atoms with Gasteiger partial charge in [-0.2, -0.15) is 0 Å². The molecule has 3 aromatic heterocycles. The van der Waals surface area contributed by atoms with Gasteiger partial charge in [-0.15, -0.1) is 54.1 Å². The van der Waals surface area contributed by atoms with Crippen LogP contribution < -0.4 is 0 Å². The Balaban J connectivity index is 0.000000263. The zero-order valence-electron chi connectivity index (χ0n) is 38.1. The van der Waals surface area contributed by atoms with Crippen LogP contribution >= 0.6 is 0 Å². The van der Waals surface area contributed by atoms with Gasteiger partial charge in [0.1, 0.15) is 5.76 Å². The first-order chi connectivity index (χ1) is 32.2. The molecule has 1 radical (unpaired) electrons. The monoisotopic (exact) mass is 1000 g/mol. The van der Waals surface area contributed by atoms with Crippen LogP contribution in [0.5, 0.6) is 0 Å². The molecule has 0 saturated carbocycles. The van der Waals surface area contributed by atoms with E-state index in [-0.39, 0.29) is 25.7 Å². The molecule has 11 aromatic rings. The molecule has 0 unspecified atom stereocenters. The van der Waals surface area contributed by atoms with Gasteiger partial charge < -0.3 is 14.0 Å². The molecule has 0 atom stereocenters. The van der Waals surface area contributed by atoms with E-state index in [1.165, 1.54) is 45.1 Å². The molecule has 309 valence electrons. The molecule has 1 aliphatic carbocycles. The SMILES string of the molecule is Cc1cc(-c2ccccc2)cc(C)c1-n1c(-c2[c-]ccc3c4c(oc23)-c2ccccc2-c2ccccc2-c2ccccc2-4)nc2ccccc21.[2H]C([2H])([2H])c1ccc(-c2[c-]cccc2)nc1.[Ir]. The molecular formula is C59H41IrN3O-2. The maximum absolute atomic E-state index is 7.23. The summed E-state index contributed by atoms with van der Waals surface area (Å²) in [5.41, 5.74) is 19.4. The second-order valence-corrected chi connectivity index (χ2v) is 15.8. The molecule has 0 spiro atoms. The predicted molar refractivity (Wildman–Crippen MR) is 259 cm³/mol. The third-order valence-electron chi connectivity index (χ3n) is 11.9. The third kappa shape index (κ3) is 7.09. The summed E-state index contributed by atoms with van der Waals surface area (Å²) in [6.07, 6.45) is 1.39. The number of aryl methyl sites for hydroxylation is 3. The molecule has 12 rings (SSSR count). The van der Waals surface area contributed by atoms with E-state index < -0.39 is 6.85 Å². The van der Waals surface area contributed by atoms with Crippen molar-refractivity contribution in [2.24, 2.45) is 0 Å². The number of fused-ring (bicyclic) bond motifs is 11. The molecule has 0 bridgehead atoms. The van der Waals surface area contributed by atoms with E-state index >= 15 is 0 Å². The topological polar surface area (TPSA) is 43.9 Å². The molecule has 1 aliphatic rings. The van der Waals surface area contributed by atoms with Crippen molar-refractivity contribution in [3.63, 3.8) is 0 Å². The average molecular weight is 1000 g/mol. The number of imidazole rings is 1. The van der Waals surface area contributed by atoms with Crippen molar-refractivity contribution in [1.29, 1.82) is 0 Å². The number of nitrogens with zero attached hydrogens (tertiary/aromatic N) is 3. The van der Waals surface area contributed by atoms with Crippen LogP contribution in [0.25, 0.3) is 106 Å².